The van der Waals surface area contributed by atoms with Crippen LogP contribution >= 0.6 is 11.3 Å². The summed E-state index contributed by atoms with van der Waals surface area (Å²) in [4.78, 5) is 24.7. The zero-order chi connectivity index (χ0) is 21.1. The maximum atomic E-state index is 11.9. The Hall–Kier alpha value is -3.22. The van der Waals surface area contributed by atoms with Gasteiger partial charge in [-0.25, -0.2) is 0 Å². The lowest BCUT2D eigenvalue weighted by atomic mass is 10.0. The van der Waals surface area contributed by atoms with Crippen LogP contribution in [0.25, 0.3) is 0 Å². The second kappa shape index (κ2) is 8.65. The fraction of sp³-hybridized carbons (Fsp3) is 0.167. The van der Waals surface area contributed by atoms with E-state index in [0.717, 1.165) is 11.3 Å². The Balaban J connectivity index is 1.63. The Morgan fingerprint density at radius 2 is 1.67 bits per heavy atom. The Bertz CT molecular complexity index is 1200. The van der Waals surface area contributed by atoms with Gasteiger partial charge in [-0.3, -0.25) is 14.9 Å². The van der Waals surface area contributed by atoms with Gasteiger partial charge in [0.1, 0.15) is 5.69 Å². The molecule has 1 unspecified atom stereocenters. The molecule has 0 fully saturated rings. The van der Waals surface area contributed by atoms with E-state index in [0.29, 0.717) is 0 Å². The molecule has 0 aliphatic carbocycles. The zero-order valence-corrected chi connectivity index (χ0v) is 17.5. The molecule has 30 heavy (non-hydrogen) atoms. The molecule has 2 atom stereocenters. The van der Waals surface area contributed by atoms with E-state index in [1.54, 1.807) is 11.3 Å². The van der Waals surface area contributed by atoms with Gasteiger partial charge in [-0.1, -0.05) is 48.5 Å². The molecule has 1 heterocycles. The van der Waals surface area contributed by atoms with Crippen LogP contribution < -0.4 is 26.2 Å². The first kappa shape index (κ1) is 20.1. The van der Waals surface area contributed by atoms with Gasteiger partial charge < -0.3 is 10.1 Å². The number of methoxy groups -OCH3 is 1. The van der Waals surface area contributed by atoms with Crippen molar-refractivity contribution in [1.82, 2.24) is 5.32 Å². The average molecular weight is 419 g/mol. The first-order valence-corrected chi connectivity index (χ1v) is 10.5. The third-order valence-corrected chi connectivity index (χ3v) is 6.04. The van der Waals surface area contributed by atoms with E-state index in [2.05, 4.69) is 47.2 Å². The smallest absolute Gasteiger partial charge is 0.272 e. The Labute approximate surface area is 178 Å². The fourth-order valence-corrected chi connectivity index (χ4v) is 4.32. The normalized spacial score (nSPS) is 13.1. The Morgan fingerprint density at radius 1 is 0.900 bits per heavy atom. The topological polar surface area (TPSA) is 67.4 Å². The summed E-state index contributed by atoms with van der Waals surface area (Å²) in [5.41, 5.74) is 2.06. The van der Waals surface area contributed by atoms with Crippen molar-refractivity contribution < 1.29 is 4.74 Å². The average Bonchev–Trinajstić information content (AvgIpc) is 3.32. The molecule has 0 amide bonds. The van der Waals surface area contributed by atoms with Crippen molar-refractivity contribution >= 4 is 22.7 Å². The largest absolute Gasteiger partial charge is 0.491 e. The number of benzene rings is 2. The van der Waals surface area contributed by atoms with Gasteiger partial charge >= 0.3 is 0 Å². The van der Waals surface area contributed by atoms with Gasteiger partial charge in [-0.15, -0.1) is 11.3 Å². The predicted octanol–water partition coefficient (Wildman–Crippen LogP) is 4.54. The van der Waals surface area contributed by atoms with Crippen molar-refractivity contribution in [2.24, 2.45) is 0 Å². The van der Waals surface area contributed by atoms with Gasteiger partial charge in [0.25, 0.3) is 10.9 Å². The highest BCUT2D eigenvalue weighted by Crippen LogP contribution is 2.31. The van der Waals surface area contributed by atoms with Crippen molar-refractivity contribution in [3.05, 3.63) is 109 Å². The van der Waals surface area contributed by atoms with Crippen molar-refractivity contribution in [3.8, 4) is 5.75 Å². The van der Waals surface area contributed by atoms with E-state index in [-0.39, 0.29) is 23.5 Å². The van der Waals surface area contributed by atoms with Crippen LogP contribution in [0.15, 0.2) is 81.7 Å². The molecule has 0 saturated carbocycles. The van der Waals surface area contributed by atoms with Crippen molar-refractivity contribution in [3.63, 3.8) is 0 Å². The number of thiophene rings is 1. The molecule has 0 aliphatic heterocycles. The molecule has 2 N–H and O–H groups in total. The molecule has 0 aliphatic rings. The lowest BCUT2D eigenvalue weighted by molar-refractivity contribution is 0.408. The van der Waals surface area contributed by atoms with Crippen LogP contribution in [0.2, 0.25) is 0 Å². The van der Waals surface area contributed by atoms with Crippen LogP contribution in [0.3, 0.4) is 0 Å². The molecule has 0 saturated heterocycles. The number of ether oxygens (including phenoxy) is 1. The minimum absolute atomic E-state index is 0.0171. The SMILES string of the molecule is COc1c(Nc2cccc(C(N[C@@H](C)c3ccccc3)c3cccs3)c2)c(=O)c1=O. The third kappa shape index (κ3) is 3.92. The highest BCUT2D eigenvalue weighted by Gasteiger charge is 2.23. The fourth-order valence-electron chi connectivity index (χ4n) is 3.51. The second-order valence-corrected chi connectivity index (χ2v) is 8.04. The molecule has 3 aromatic carbocycles. The van der Waals surface area contributed by atoms with Crippen molar-refractivity contribution in [2.75, 3.05) is 12.4 Å². The molecule has 4 aromatic rings. The van der Waals surface area contributed by atoms with Gasteiger partial charge in [-0.2, -0.15) is 0 Å². The second-order valence-electron chi connectivity index (χ2n) is 7.06. The van der Waals surface area contributed by atoms with E-state index in [1.807, 2.05) is 42.5 Å². The number of nitrogens with one attached hydrogen (secondary N) is 2. The Kier molecular flexibility index (Phi) is 5.79. The van der Waals surface area contributed by atoms with E-state index >= 15 is 0 Å². The van der Waals surface area contributed by atoms with E-state index < -0.39 is 10.9 Å². The molecule has 152 valence electrons. The maximum absolute atomic E-state index is 11.9. The van der Waals surface area contributed by atoms with Crippen LogP contribution in [0.4, 0.5) is 11.4 Å². The first-order valence-electron chi connectivity index (χ1n) is 9.67. The highest BCUT2D eigenvalue weighted by atomic mass is 32.1. The molecule has 1 aromatic heterocycles. The van der Waals surface area contributed by atoms with Gasteiger partial charge in [-0.05, 0) is 41.6 Å². The van der Waals surface area contributed by atoms with Crippen LogP contribution in [-0.2, 0) is 0 Å². The summed E-state index contributed by atoms with van der Waals surface area (Å²) in [6.45, 7) is 2.15. The standard InChI is InChI=1S/C24H22N2O3S/c1-15(16-8-4-3-5-9-16)25-20(19-12-7-13-30-19)17-10-6-11-18(14-17)26-21-22(27)23(28)24(21)29-2/h3-15,20,25-26H,1-2H3/t15-,20?/m0/s1. The lowest BCUT2D eigenvalue weighted by Crippen LogP contribution is -2.34. The van der Waals surface area contributed by atoms with Crippen LogP contribution in [-0.4, -0.2) is 7.11 Å². The zero-order valence-electron chi connectivity index (χ0n) is 16.7. The van der Waals surface area contributed by atoms with Gasteiger partial charge in [0.05, 0.1) is 13.2 Å². The molecular formula is C24H22N2O3S. The first-order chi connectivity index (χ1) is 14.6. The van der Waals surface area contributed by atoms with E-state index in [9.17, 15) is 9.59 Å². The maximum Gasteiger partial charge on any atom is 0.272 e. The minimum atomic E-state index is -0.592. The molecule has 0 spiro atoms. The predicted molar refractivity (Wildman–Crippen MR) is 122 cm³/mol. The summed E-state index contributed by atoms with van der Waals surface area (Å²) in [5.74, 6) is 0.0797. The summed E-state index contributed by atoms with van der Waals surface area (Å²) in [6.07, 6.45) is 0. The summed E-state index contributed by atoms with van der Waals surface area (Å²) >= 11 is 1.69. The summed E-state index contributed by atoms with van der Waals surface area (Å²) in [5, 5.41) is 8.83. The summed E-state index contributed by atoms with van der Waals surface area (Å²) < 4.78 is 5.03. The molecular weight excluding hydrogens is 396 g/mol. The molecule has 6 heteroatoms. The van der Waals surface area contributed by atoms with Crippen LogP contribution in [0.1, 0.15) is 35.0 Å². The summed E-state index contributed by atoms with van der Waals surface area (Å²) in [6, 6.07) is 22.4. The van der Waals surface area contributed by atoms with E-state index in [4.69, 9.17) is 4.74 Å². The molecule has 5 nitrogen and oxygen atoms in total. The highest BCUT2D eigenvalue weighted by molar-refractivity contribution is 7.10. The minimum Gasteiger partial charge on any atom is -0.491 e. The van der Waals surface area contributed by atoms with E-state index in [1.165, 1.54) is 17.6 Å². The van der Waals surface area contributed by atoms with Gasteiger partial charge in [0.15, 0.2) is 5.75 Å². The van der Waals surface area contributed by atoms with Gasteiger partial charge in [0.2, 0.25) is 0 Å². The quantitative estimate of drug-likeness (QED) is 0.411. The number of anilines is 2. The Morgan fingerprint density at radius 3 is 2.37 bits per heavy atom. The molecule has 0 bridgehead atoms. The third-order valence-electron chi connectivity index (χ3n) is 5.10. The summed E-state index contributed by atoms with van der Waals surface area (Å²) in [7, 11) is 1.39. The molecule has 4 rings (SSSR count). The van der Waals surface area contributed by atoms with Crippen LogP contribution in [0, 0.1) is 0 Å². The lowest BCUT2D eigenvalue weighted by Gasteiger charge is -2.24. The number of hydrogen-bond donors (Lipinski definition) is 2. The van der Waals surface area contributed by atoms with Crippen molar-refractivity contribution in [1.29, 1.82) is 0 Å². The number of rotatable bonds is 8. The van der Waals surface area contributed by atoms with Gasteiger partial charge in [0, 0.05) is 16.6 Å². The molecule has 0 radical (unpaired) electrons. The van der Waals surface area contributed by atoms with Crippen molar-refractivity contribution in [2.45, 2.75) is 19.0 Å². The number of hydrogen-bond acceptors (Lipinski definition) is 6. The van der Waals surface area contributed by atoms with Crippen LogP contribution in [0.5, 0.6) is 5.75 Å². The monoisotopic (exact) mass is 418 g/mol.